The minimum atomic E-state index is -5.01. The summed E-state index contributed by atoms with van der Waals surface area (Å²) in [6.07, 6.45) is -12.0. The van der Waals surface area contributed by atoms with Crippen LogP contribution < -0.4 is 5.32 Å². The number of alkyl halides is 6. The molecule has 178 valence electrons. The predicted molar refractivity (Wildman–Crippen MR) is 96.3 cm³/mol. The Morgan fingerprint density at radius 2 is 1.94 bits per heavy atom. The fourth-order valence-corrected chi connectivity index (χ4v) is 5.58. The predicted octanol–water partition coefficient (Wildman–Crippen LogP) is 3.40. The zero-order chi connectivity index (χ0) is 24.1. The van der Waals surface area contributed by atoms with Gasteiger partial charge in [-0.05, 0) is 24.6 Å². The molecule has 33 heavy (non-hydrogen) atoms. The number of nitrogens with one attached hydrogen (secondary N) is 1. The van der Waals surface area contributed by atoms with Gasteiger partial charge in [-0.25, -0.2) is 4.39 Å². The highest BCUT2D eigenvalue weighted by Crippen LogP contribution is 2.78. The minimum absolute atomic E-state index is 0.0152. The molecule has 2 aliphatic heterocycles. The van der Waals surface area contributed by atoms with Gasteiger partial charge in [-0.15, -0.1) is 0 Å². The molecule has 1 aromatic heterocycles. The molecule has 1 saturated carbocycles. The van der Waals surface area contributed by atoms with Crippen LogP contribution in [0.2, 0.25) is 0 Å². The molecule has 5 rings (SSSR count). The molecule has 6 nitrogen and oxygen atoms in total. The van der Waals surface area contributed by atoms with Gasteiger partial charge < -0.3 is 15.2 Å². The van der Waals surface area contributed by atoms with Gasteiger partial charge in [-0.3, -0.25) is 9.48 Å². The van der Waals surface area contributed by atoms with E-state index in [2.05, 4.69) is 10.4 Å². The Bertz CT molecular complexity index is 1160. The number of carbonyl (C=O) groups is 1. The van der Waals surface area contributed by atoms with Crippen LogP contribution in [0.15, 0.2) is 24.4 Å². The fourth-order valence-electron chi connectivity index (χ4n) is 5.58. The zero-order valence-corrected chi connectivity index (χ0v) is 16.8. The molecule has 0 unspecified atom stereocenters. The molecule has 2 saturated heterocycles. The Morgan fingerprint density at radius 1 is 1.24 bits per heavy atom. The maximum atomic E-state index is 13.7. The number of ether oxygens (including phenoxy) is 1. The molecule has 1 aromatic carbocycles. The Morgan fingerprint density at radius 3 is 2.58 bits per heavy atom. The van der Waals surface area contributed by atoms with E-state index < -0.39 is 64.5 Å². The van der Waals surface area contributed by atoms with Crippen molar-refractivity contribution in [2.75, 3.05) is 5.32 Å². The third kappa shape index (κ3) is 2.87. The van der Waals surface area contributed by atoms with Crippen molar-refractivity contribution in [2.24, 2.45) is 12.5 Å². The molecule has 0 radical (unpaired) electrons. The number of carbonyl (C=O) groups excluding carboxylic acids is 1. The van der Waals surface area contributed by atoms with E-state index in [9.17, 15) is 40.6 Å². The normalized spacial score (nSPS) is 32.7. The van der Waals surface area contributed by atoms with Crippen molar-refractivity contribution in [3.05, 3.63) is 47.0 Å². The number of aliphatic hydroxyl groups excluding tert-OH is 1. The average molecular weight is 479 g/mol. The number of rotatable bonds is 3. The van der Waals surface area contributed by atoms with Crippen molar-refractivity contribution < 1.29 is 45.4 Å². The summed E-state index contributed by atoms with van der Waals surface area (Å²) in [4.78, 5) is 13.3. The van der Waals surface area contributed by atoms with Gasteiger partial charge >= 0.3 is 12.4 Å². The second-order valence-corrected chi connectivity index (χ2v) is 8.68. The van der Waals surface area contributed by atoms with Crippen LogP contribution in [0.25, 0.3) is 0 Å². The summed E-state index contributed by atoms with van der Waals surface area (Å²) >= 11 is 0. The summed E-state index contributed by atoms with van der Waals surface area (Å²) in [7, 11) is 1.28. The second-order valence-electron chi connectivity index (χ2n) is 8.68. The topological polar surface area (TPSA) is 76.4 Å². The van der Waals surface area contributed by atoms with Gasteiger partial charge in [0.15, 0.2) is 5.69 Å². The van der Waals surface area contributed by atoms with Crippen molar-refractivity contribution in [1.82, 2.24) is 9.78 Å². The third-order valence-electron chi connectivity index (χ3n) is 6.89. The van der Waals surface area contributed by atoms with Crippen LogP contribution in [0, 0.1) is 11.2 Å². The molecule has 5 atom stereocenters. The molecule has 2 aromatic rings. The maximum Gasteiger partial charge on any atom is 0.435 e. The van der Waals surface area contributed by atoms with Crippen molar-refractivity contribution in [1.29, 1.82) is 0 Å². The van der Waals surface area contributed by atoms with E-state index in [0.717, 1.165) is 16.9 Å². The molecule has 3 heterocycles. The van der Waals surface area contributed by atoms with Crippen molar-refractivity contribution in [2.45, 2.75) is 48.9 Å². The van der Waals surface area contributed by atoms with Gasteiger partial charge in [-0.2, -0.15) is 31.4 Å². The maximum absolute atomic E-state index is 13.7. The number of benzene rings is 1. The van der Waals surface area contributed by atoms with E-state index >= 15 is 0 Å². The molecular formula is C20H16F7N3O3. The summed E-state index contributed by atoms with van der Waals surface area (Å²) in [6, 6.07) is 1.89. The van der Waals surface area contributed by atoms with Crippen molar-refractivity contribution in [3.63, 3.8) is 0 Å². The number of aromatic nitrogens is 2. The lowest BCUT2D eigenvalue weighted by molar-refractivity contribution is -0.143. The Kier molecular flexibility index (Phi) is 4.34. The quantitative estimate of drug-likeness (QED) is 0.662. The van der Waals surface area contributed by atoms with Gasteiger partial charge in [0, 0.05) is 36.3 Å². The molecular weight excluding hydrogens is 463 g/mol. The summed E-state index contributed by atoms with van der Waals surface area (Å²) in [5.41, 5.74) is -6.59. The third-order valence-corrected chi connectivity index (χ3v) is 6.89. The largest absolute Gasteiger partial charge is 0.435 e. The lowest BCUT2D eigenvalue weighted by Gasteiger charge is -2.29. The standard InChI is InChI=1S/C20H16F7N3O3/c1-30-6-10(14(29-30)20(25,26)27)17-7-18(17,13-5-12(31)15(17)33-13)16(32)28-8-2-3-11(21)9(4-8)19(22,23)24/h2-4,6,12-13,15,31H,5,7H2,1H3,(H,28,32)/t12-,13+,15-,17+,18+/m0/s1. The van der Waals surface area contributed by atoms with Crippen LogP contribution in [0.5, 0.6) is 0 Å². The number of nitrogens with zero attached hydrogens (tertiary/aromatic N) is 2. The number of fused-ring (bicyclic) bond motifs is 5. The molecule has 3 aliphatic rings. The van der Waals surface area contributed by atoms with Crippen LogP contribution >= 0.6 is 0 Å². The van der Waals surface area contributed by atoms with Gasteiger partial charge in [0.1, 0.15) is 5.82 Å². The number of hydrogen-bond donors (Lipinski definition) is 2. The van der Waals surface area contributed by atoms with E-state index in [1.807, 2.05) is 0 Å². The molecule has 1 aliphatic carbocycles. The van der Waals surface area contributed by atoms with Crippen molar-refractivity contribution >= 4 is 11.6 Å². The van der Waals surface area contributed by atoms with E-state index in [-0.39, 0.29) is 24.1 Å². The highest BCUT2D eigenvalue weighted by atomic mass is 19.4. The van der Waals surface area contributed by atoms with Crippen LogP contribution in [-0.2, 0) is 34.3 Å². The van der Waals surface area contributed by atoms with Crippen molar-refractivity contribution in [3.8, 4) is 0 Å². The van der Waals surface area contributed by atoms with Gasteiger partial charge in [0.05, 0.1) is 29.3 Å². The first-order valence-corrected chi connectivity index (χ1v) is 9.85. The Labute approximate surface area is 181 Å². The number of anilines is 1. The molecule has 2 bridgehead atoms. The fraction of sp³-hybridized carbons (Fsp3) is 0.500. The lowest BCUT2D eigenvalue weighted by atomic mass is 9.73. The average Bonchev–Trinajstić information content (AvgIpc) is 2.92. The molecule has 2 N–H and O–H groups in total. The van der Waals surface area contributed by atoms with Gasteiger partial charge in [0.2, 0.25) is 5.91 Å². The number of hydrogen-bond acceptors (Lipinski definition) is 4. The summed E-state index contributed by atoms with van der Waals surface area (Å²) in [6.45, 7) is 0. The number of aryl methyl sites for hydroxylation is 1. The van der Waals surface area contributed by atoms with Crippen LogP contribution in [0.3, 0.4) is 0 Å². The van der Waals surface area contributed by atoms with E-state index in [1.54, 1.807) is 0 Å². The highest BCUT2D eigenvalue weighted by Gasteiger charge is 2.88. The second kappa shape index (κ2) is 6.47. The SMILES string of the molecule is Cn1cc([C@@]23C[C@]2(C(=O)Nc2ccc(F)c(C(F)(F)F)c2)[C@H]2C[C@H](O)[C@@H]3O2)c(C(F)(F)F)n1. The van der Waals surface area contributed by atoms with E-state index in [4.69, 9.17) is 4.74 Å². The number of amides is 1. The smallest absolute Gasteiger partial charge is 0.390 e. The minimum Gasteiger partial charge on any atom is -0.390 e. The Balaban J connectivity index is 1.55. The van der Waals surface area contributed by atoms with E-state index in [1.165, 1.54) is 7.05 Å². The highest BCUT2D eigenvalue weighted by molar-refractivity contribution is 6.01. The molecule has 0 spiro atoms. The molecule has 3 fully saturated rings. The molecule has 1 amide bonds. The van der Waals surface area contributed by atoms with Gasteiger partial charge in [0.25, 0.3) is 0 Å². The monoisotopic (exact) mass is 479 g/mol. The first kappa shape index (κ1) is 22.1. The van der Waals surface area contributed by atoms with E-state index in [0.29, 0.717) is 12.1 Å². The van der Waals surface area contributed by atoms with Crippen LogP contribution in [0.1, 0.15) is 29.7 Å². The summed E-state index contributed by atoms with van der Waals surface area (Å²) in [5, 5.41) is 16.1. The molecule has 13 heteroatoms. The first-order valence-electron chi connectivity index (χ1n) is 9.85. The zero-order valence-electron chi connectivity index (χ0n) is 16.8. The van der Waals surface area contributed by atoms with Crippen LogP contribution in [-0.4, -0.2) is 39.1 Å². The summed E-state index contributed by atoms with van der Waals surface area (Å²) < 4.78 is 100. The lowest BCUT2D eigenvalue weighted by Crippen LogP contribution is -2.45. The Hall–Kier alpha value is -2.67. The summed E-state index contributed by atoms with van der Waals surface area (Å²) in [5.74, 6) is -2.39. The van der Waals surface area contributed by atoms with Crippen LogP contribution in [0.4, 0.5) is 36.4 Å². The number of halogens is 7. The number of aliphatic hydroxyl groups is 1. The van der Waals surface area contributed by atoms with Gasteiger partial charge in [-0.1, -0.05) is 0 Å². The first-order chi connectivity index (χ1) is 15.2.